The molecule has 5 rings (SSSR count). The second-order valence-corrected chi connectivity index (χ2v) is 10.5. The van der Waals surface area contributed by atoms with Crippen molar-refractivity contribution in [3.63, 3.8) is 0 Å². The quantitative estimate of drug-likeness (QED) is 0.299. The minimum absolute atomic E-state index is 0.127. The lowest BCUT2D eigenvalue weighted by Crippen LogP contribution is -2.32. The number of amidine groups is 1. The fourth-order valence-corrected chi connectivity index (χ4v) is 5.52. The summed E-state index contributed by atoms with van der Waals surface area (Å²) in [6.45, 7) is 3.09. The van der Waals surface area contributed by atoms with Gasteiger partial charge in [0.25, 0.3) is 5.91 Å². The lowest BCUT2D eigenvalue weighted by Gasteiger charge is -2.20. The summed E-state index contributed by atoms with van der Waals surface area (Å²) in [6.07, 6.45) is -5.71. The molecule has 0 radical (unpaired) electrons. The van der Waals surface area contributed by atoms with Crippen molar-refractivity contribution >= 4 is 39.8 Å². The maximum atomic E-state index is 13.6. The molecule has 0 unspecified atom stereocenters. The first kappa shape index (κ1) is 27.3. The van der Waals surface area contributed by atoms with Crippen molar-refractivity contribution in [2.24, 2.45) is 4.99 Å². The van der Waals surface area contributed by atoms with Crippen molar-refractivity contribution in [2.45, 2.75) is 25.3 Å². The molecule has 39 heavy (non-hydrogen) atoms. The number of carbonyl (C=O) groups excluding carboxylic acids is 1. The number of nitrogens with zero attached hydrogens (tertiary/aromatic N) is 5. The molecule has 0 aliphatic carbocycles. The van der Waals surface area contributed by atoms with Gasteiger partial charge in [0.05, 0.1) is 34.3 Å². The van der Waals surface area contributed by atoms with E-state index in [0.29, 0.717) is 32.6 Å². The molecule has 13 heteroatoms. The van der Waals surface area contributed by atoms with Gasteiger partial charge in [0.1, 0.15) is 0 Å². The molecule has 3 aromatic rings. The van der Waals surface area contributed by atoms with E-state index in [9.17, 15) is 31.1 Å². The Morgan fingerprint density at radius 2 is 1.77 bits per heavy atom. The van der Waals surface area contributed by atoms with Gasteiger partial charge in [0.2, 0.25) is 0 Å². The van der Waals surface area contributed by atoms with Crippen molar-refractivity contribution in [2.75, 3.05) is 33.2 Å². The molecule has 0 spiro atoms. The number of benzene rings is 2. The molecule has 1 amide bonds. The third kappa shape index (κ3) is 5.98. The summed E-state index contributed by atoms with van der Waals surface area (Å²) < 4.78 is 81.0. The number of likely N-dealkylation sites (N-methyl/N-ethyl adjacent to an activating group) is 1. The predicted molar refractivity (Wildman–Crippen MR) is 137 cm³/mol. The second kappa shape index (κ2) is 10.3. The van der Waals surface area contributed by atoms with Gasteiger partial charge in [-0.15, -0.1) is 0 Å². The molecule has 0 N–H and O–H groups in total. The van der Waals surface area contributed by atoms with Gasteiger partial charge in [-0.2, -0.15) is 36.4 Å². The van der Waals surface area contributed by atoms with Gasteiger partial charge < -0.3 is 9.80 Å². The topological polar surface area (TPSA) is 53.7 Å². The van der Waals surface area contributed by atoms with Gasteiger partial charge in [0, 0.05) is 25.0 Å². The van der Waals surface area contributed by atoms with Crippen LogP contribution in [0.4, 0.5) is 26.3 Å². The Labute approximate surface area is 224 Å². The monoisotopic (exact) mass is 567 g/mol. The molecule has 206 valence electrons. The Bertz CT molecular complexity index is 1480. The Hall–Kier alpha value is -3.32. The Morgan fingerprint density at radius 1 is 0.974 bits per heavy atom. The normalized spacial score (nSPS) is 18.7. The maximum Gasteiger partial charge on any atom is 0.416 e. The van der Waals surface area contributed by atoms with Crippen LogP contribution in [0.25, 0.3) is 17.0 Å². The van der Waals surface area contributed by atoms with Crippen LogP contribution in [-0.2, 0) is 23.7 Å². The highest BCUT2D eigenvalue weighted by atomic mass is 32.2. The number of halogens is 6. The zero-order valence-corrected chi connectivity index (χ0v) is 21.5. The van der Waals surface area contributed by atoms with Crippen LogP contribution in [0.2, 0.25) is 0 Å². The number of alkyl halides is 6. The summed E-state index contributed by atoms with van der Waals surface area (Å²) in [6, 6.07) is 6.70. The van der Waals surface area contributed by atoms with Crippen LogP contribution in [0.3, 0.4) is 0 Å². The molecule has 0 bridgehead atoms. The number of hydrogen-bond acceptors (Lipinski definition) is 5. The highest BCUT2D eigenvalue weighted by Crippen LogP contribution is 2.38. The predicted octanol–water partition coefficient (Wildman–Crippen LogP) is 5.73. The third-order valence-corrected chi connectivity index (χ3v) is 7.67. The van der Waals surface area contributed by atoms with Gasteiger partial charge in [-0.05, 0) is 73.2 Å². The first-order valence-electron chi connectivity index (χ1n) is 12.1. The van der Waals surface area contributed by atoms with Crippen LogP contribution >= 0.6 is 11.8 Å². The van der Waals surface area contributed by atoms with Gasteiger partial charge >= 0.3 is 12.4 Å². The van der Waals surface area contributed by atoms with Crippen LogP contribution < -0.4 is 0 Å². The van der Waals surface area contributed by atoms with Crippen molar-refractivity contribution in [3.05, 3.63) is 69.8 Å². The molecule has 1 aromatic heterocycles. The third-order valence-electron chi connectivity index (χ3n) is 6.63. The first-order valence-corrected chi connectivity index (χ1v) is 12.9. The highest BCUT2D eigenvalue weighted by molar-refractivity contribution is 8.18. The Kier molecular flexibility index (Phi) is 7.23. The van der Waals surface area contributed by atoms with E-state index < -0.39 is 23.5 Å². The zero-order chi connectivity index (χ0) is 27.9. The van der Waals surface area contributed by atoms with Crippen LogP contribution in [0.1, 0.15) is 28.7 Å². The number of hydrogen-bond donors (Lipinski definition) is 0. The number of rotatable bonds is 3. The van der Waals surface area contributed by atoms with Crippen LogP contribution in [0.15, 0.2) is 52.5 Å². The summed E-state index contributed by atoms with van der Waals surface area (Å²) in [4.78, 5) is 21.6. The number of fused-ring (bicyclic) bond motifs is 1. The van der Waals surface area contributed by atoms with Crippen molar-refractivity contribution in [3.8, 4) is 0 Å². The summed E-state index contributed by atoms with van der Waals surface area (Å²) in [5.74, 6) is -0.328. The molecule has 0 saturated carbocycles. The number of thioether (sulfide) groups is 1. The largest absolute Gasteiger partial charge is 0.416 e. The molecule has 6 nitrogen and oxygen atoms in total. The van der Waals surface area contributed by atoms with Gasteiger partial charge in [-0.25, -0.2) is 0 Å². The van der Waals surface area contributed by atoms with Crippen LogP contribution in [0, 0.1) is 0 Å². The number of carbonyl (C=O) groups is 1. The average molecular weight is 568 g/mol. The van der Waals surface area contributed by atoms with E-state index in [-0.39, 0.29) is 24.1 Å². The summed E-state index contributed by atoms with van der Waals surface area (Å²) in [5.41, 5.74) is -1.86. The zero-order valence-electron chi connectivity index (χ0n) is 20.7. The van der Waals surface area contributed by atoms with Crippen LogP contribution in [0.5, 0.6) is 0 Å². The Balaban J connectivity index is 1.36. The molecule has 0 atom stereocenters. The fourth-order valence-electron chi connectivity index (χ4n) is 4.56. The first-order chi connectivity index (χ1) is 18.4. The van der Waals surface area contributed by atoms with Crippen molar-refractivity contribution in [1.29, 1.82) is 0 Å². The number of amides is 1. The van der Waals surface area contributed by atoms with E-state index >= 15 is 0 Å². The number of aliphatic imine (C=N–C) groups is 1. The van der Waals surface area contributed by atoms with Crippen LogP contribution in [-0.4, -0.2) is 63.9 Å². The molecular formula is C26H23F6N5OS. The summed E-state index contributed by atoms with van der Waals surface area (Å²) in [7, 11) is 2.06. The molecule has 1 saturated heterocycles. The SMILES string of the molecule is CN1CCCN(C2=NC(=O)C(=Cc3ccc4c(cnn4Cc4ccc(C(F)(F)F)cc4C(F)(F)F)c3)S2)CC1. The maximum absolute atomic E-state index is 13.6. The molecule has 2 aromatic carbocycles. The van der Waals surface area contributed by atoms with E-state index in [0.717, 1.165) is 38.7 Å². The van der Waals surface area contributed by atoms with E-state index in [4.69, 9.17) is 0 Å². The van der Waals surface area contributed by atoms with E-state index in [1.54, 1.807) is 24.3 Å². The second-order valence-electron chi connectivity index (χ2n) is 9.44. The highest BCUT2D eigenvalue weighted by Gasteiger charge is 2.38. The Morgan fingerprint density at radius 3 is 2.51 bits per heavy atom. The summed E-state index contributed by atoms with van der Waals surface area (Å²) >= 11 is 1.31. The molecule has 1 fully saturated rings. The minimum atomic E-state index is -4.96. The molecular weight excluding hydrogens is 544 g/mol. The van der Waals surface area contributed by atoms with E-state index in [2.05, 4.69) is 26.9 Å². The summed E-state index contributed by atoms with van der Waals surface area (Å²) in [5, 5.41) is 5.44. The van der Waals surface area contributed by atoms with Crippen molar-refractivity contribution < 1.29 is 31.1 Å². The minimum Gasteiger partial charge on any atom is -0.349 e. The molecule has 2 aliphatic rings. The van der Waals surface area contributed by atoms with Gasteiger partial charge in [-0.1, -0.05) is 12.1 Å². The van der Waals surface area contributed by atoms with Crippen molar-refractivity contribution in [1.82, 2.24) is 19.6 Å². The van der Waals surface area contributed by atoms with Gasteiger partial charge in [-0.3, -0.25) is 9.48 Å². The lowest BCUT2D eigenvalue weighted by atomic mass is 10.0. The number of aromatic nitrogens is 2. The lowest BCUT2D eigenvalue weighted by molar-refractivity contribution is -0.143. The van der Waals surface area contributed by atoms with E-state index in [1.807, 2.05) is 0 Å². The van der Waals surface area contributed by atoms with E-state index in [1.165, 1.54) is 22.6 Å². The average Bonchev–Trinajstić information content (AvgIpc) is 3.34. The van der Waals surface area contributed by atoms with Gasteiger partial charge in [0.15, 0.2) is 5.17 Å². The molecule has 3 heterocycles. The standard InChI is InChI=1S/C26H23F6N5OS/c1-35-7-2-8-36(10-9-35)24-34-23(38)22(39-24)12-16-3-6-21-18(11-16)14-33-37(21)15-17-4-5-19(25(27,28)29)13-20(17)26(30,31)32/h3-6,11-14H,2,7-10,15H2,1H3. The fraction of sp³-hybridized carbons (Fsp3) is 0.346. The smallest absolute Gasteiger partial charge is 0.349 e. The molecule has 2 aliphatic heterocycles.